The third-order valence-electron chi connectivity index (χ3n) is 3.16. The largest absolute Gasteiger partial charge is 0.360 e. The number of aromatic nitrogens is 3. The zero-order valence-corrected chi connectivity index (χ0v) is 10.3. The second-order valence-corrected chi connectivity index (χ2v) is 4.71. The summed E-state index contributed by atoms with van der Waals surface area (Å²) in [5.41, 5.74) is 1.12. The Labute approximate surface area is 104 Å². The molecule has 0 spiro atoms. The molecule has 2 aromatic heterocycles. The topological polar surface area (TPSA) is 73.0 Å². The minimum atomic E-state index is -0.00264. The van der Waals surface area contributed by atoms with Crippen molar-refractivity contribution in [1.82, 2.24) is 14.9 Å². The molecule has 0 aliphatic heterocycles. The number of hydrogen-bond donors (Lipinski definition) is 1. The first-order valence-corrected chi connectivity index (χ1v) is 5.86. The van der Waals surface area contributed by atoms with Crippen molar-refractivity contribution in [3.05, 3.63) is 29.8 Å². The molecule has 94 valence electrons. The summed E-state index contributed by atoms with van der Waals surface area (Å²) in [5, 5.41) is 10.6. The van der Waals surface area contributed by atoms with Crippen LogP contribution in [0, 0.1) is 12.8 Å². The van der Waals surface area contributed by atoms with E-state index >= 15 is 0 Å². The number of nitrogens with one attached hydrogen (secondary N) is 1. The van der Waals surface area contributed by atoms with E-state index in [1.54, 1.807) is 17.7 Å². The maximum absolute atomic E-state index is 12.0. The lowest BCUT2D eigenvalue weighted by atomic mass is 10.2. The molecule has 1 amide bonds. The van der Waals surface area contributed by atoms with E-state index in [-0.39, 0.29) is 17.7 Å². The molecule has 1 N–H and O–H groups in total. The zero-order chi connectivity index (χ0) is 12.7. The highest BCUT2D eigenvalue weighted by molar-refractivity contribution is 5.94. The summed E-state index contributed by atoms with van der Waals surface area (Å²) in [4.78, 5) is 12.0. The Balaban J connectivity index is 1.62. The number of nitrogens with zero attached hydrogens (tertiary/aromatic N) is 3. The molecule has 0 saturated heterocycles. The molecule has 1 fully saturated rings. The van der Waals surface area contributed by atoms with E-state index in [1.807, 2.05) is 19.4 Å². The zero-order valence-electron chi connectivity index (χ0n) is 10.3. The molecule has 2 heterocycles. The van der Waals surface area contributed by atoms with Crippen LogP contribution in [-0.4, -0.2) is 20.8 Å². The molecule has 1 aliphatic carbocycles. The van der Waals surface area contributed by atoms with Crippen LogP contribution < -0.4 is 5.32 Å². The van der Waals surface area contributed by atoms with Gasteiger partial charge in [0.25, 0.3) is 0 Å². The number of carbonyl (C=O) groups is 1. The molecule has 2 atom stereocenters. The van der Waals surface area contributed by atoms with Crippen LogP contribution in [-0.2, 0) is 11.8 Å². The Morgan fingerprint density at radius 3 is 3.06 bits per heavy atom. The van der Waals surface area contributed by atoms with Gasteiger partial charge in [0.15, 0.2) is 5.82 Å². The second-order valence-electron chi connectivity index (χ2n) is 4.71. The minimum absolute atomic E-state index is 0.00264. The van der Waals surface area contributed by atoms with Gasteiger partial charge in [-0.05, 0) is 24.8 Å². The van der Waals surface area contributed by atoms with Crippen molar-refractivity contribution in [2.24, 2.45) is 13.0 Å². The van der Waals surface area contributed by atoms with Crippen LogP contribution in [0.25, 0.3) is 0 Å². The average Bonchev–Trinajstić information content (AvgIpc) is 2.86. The first-order valence-electron chi connectivity index (χ1n) is 5.86. The summed E-state index contributed by atoms with van der Waals surface area (Å²) >= 11 is 0. The molecular weight excluding hydrogens is 232 g/mol. The van der Waals surface area contributed by atoms with Crippen LogP contribution >= 0.6 is 0 Å². The Morgan fingerprint density at radius 1 is 1.61 bits per heavy atom. The molecule has 6 nitrogen and oxygen atoms in total. The molecule has 0 aromatic carbocycles. The van der Waals surface area contributed by atoms with Crippen LogP contribution in [0.4, 0.5) is 5.82 Å². The molecule has 1 saturated carbocycles. The van der Waals surface area contributed by atoms with E-state index in [0.717, 1.165) is 12.0 Å². The number of anilines is 1. The Bertz CT molecular complexity index is 586. The minimum Gasteiger partial charge on any atom is -0.360 e. The number of hydrogen-bond acceptors (Lipinski definition) is 4. The van der Waals surface area contributed by atoms with Crippen molar-refractivity contribution in [1.29, 1.82) is 0 Å². The normalized spacial score (nSPS) is 21.9. The van der Waals surface area contributed by atoms with Gasteiger partial charge in [0, 0.05) is 25.2 Å². The predicted molar refractivity (Wildman–Crippen MR) is 63.9 cm³/mol. The van der Waals surface area contributed by atoms with E-state index < -0.39 is 0 Å². The van der Waals surface area contributed by atoms with Crippen molar-refractivity contribution >= 4 is 11.7 Å². The first kappa shape index (κ1) is 11.0. The third-order valence-corrected chi connectivity index (χ3v) is 3.16. The van der Waals surface area contributed by atoms with Gasteiger partial charge < -0.3 is 9.84 Å². The smallest absolute Gasteiger partial charge is 0.229 e. The number of rotatable bonds is 3. The Kier molecular flexibility index (Phi) is 2.43. The fourth-order valence-electron chi connectivity index (χ4n) is 2.13. The molecule has 3 rings (SSSR count). The van der Waals surface area contributed by atoms with Gasteiger partial charge in [0.05, 0.1) is 6.20 Å². The van der Waals surface area contributed by atoms with Gasteiger partial charge in [0.2, 0.25) is 5.91 Å². The van der Waals surface area contributed by atoms with E-state index in [1.165, 1.54) is 0 Å². The Hall–Kier alpha value is -2.11. The van der Waals surface area contributed by atoms with Gasteiger partial charge in [-0.1, -0.05) is 5.16 Å². The predicted octanol–water partition coefficient (Wildman–Crippen LogP) is 1.46. The third kappa shape index (κ3) is 2.01. The highest BCUT2D eigenvalue weighted by atomic mass is 16.5. The fourth-order valence-corrected chi connectivity index (χ4v) is 2.13. The summed E-state index contributed by atoms with van der Waals surface area (Å²) in [5.74, 6) is 1.47. The number of aryl methyl sites for hydroxylation is 2. The van der Waals surface area contributed by atoms with Crippen molar-refractivity contribution in [3.8, 4) is 0 Å². The summed E-state index contributed by atoms with van der Waals surface area (Å²) in [6.45, 7) is 1.79. The van der Waals surface area contributed by atoms with E-state index in [4.69, 9.17) is 4.52 Å². The van der Waals surface area contributed by atoms with E-state index in [0.29, 0.717) is 11.6 Å². The maximum Gasteiger partial charge on any atom is 0.229 e. The number of carbonyl (C=O) groups excluding carboxylic acids is 1. The summed E-state index contributed by atoms with van der Waals surface area (Å²) in [7, 11) is 1.87. The van der Waals surface area contributed by atoms with E-state index in [9.17, 15) is 4.79 Å². The monoisotopic (exact) mass is 246 g/mol. The second kappa shape index (κ2) is 3.97. The van der Waals surface area contributed by atoms with Gasteiger partial charge in [-0.25, -0.2) is 0 Å². The van der Waals surface area contributed by atoms with Crippen LogP contribution in [0.1, 0.15) is 23.7 Å². The molecule has 0 unspecified atom stereocenters. The lowest BCUT2D eigenvalue weighted by molar-refractivity contribution is -0.117. The molecular formula is C12H14N4O2. The van der Waals surface area contributed by atoms with Crippen LogP contribution in [0.3, 0.4) is 0 Å². The van der Waals surface area contributed by atoms with Crippen molar-refractivity contribution in [3.63, 3.8) is 0 Å². The molecule has 2 aromatic rings. The van der Waals surface area contributed by atoms with E-state index in [2.05, 4.69) is 15.6 Å². The van der Waals surface area contributed by atoms with Crippen molar-refractivity contribution in [2.75, 3.05) is 5.32 Å². The van der Waals surface area contributed by atoms with Crippen molar-refractivity contribution < 1.29 is 9.32 Å². The Morgan fingerprint density at radius 2 is 2.44 bits per heavy atom. The molecule has 0 radical (unpaired) electrons. The maximum atomic E-state index is 12.0. The summed E-state index contributed by atoms with van der Waals surface area (Å²) in [6.07, 6.45) is 4.64. The quantitative estimate of drug-likeness (QED) is 0.889. The van der Waals surface area contributed by atoms with Gasteiger partial charge in [-0.2, -0.15) is 5.10 Å². The first-order chi connectivity index (χ1) is 8.63. The fraction of sp³-hybridized carbons (Fsp3) is 0.417. The lowest BCUT2D eigenvalue weighted by Gasteiger charge is -1.99. The molecule has 18 heavy (non-hydrogen) atoms. The molecule has 6 heteroatoms. The van der Waals surface area contributed by atoms with Gasteiger partial charge >= 0.3 is 0 Å². The van der Waals surface area contributed by atoms with Crippen LogP contribution in [0.5, 0.6) is 0 Å². The average molecular weight is 246 g/mol. The van der Waals surface area contributed by atoms with Gasteiger partial charge in [0.1, 0.15) is 5.76 Å². The molecule has 0 bridgehead atoms. The lowest BCUT2D eigenvalue weighted by Crippen LogP contribution is -2.14. The SMILES string of the molecule is Cc1cc(NC(=O)[C@H]2C[C@H]2c2cnn(C)c2)no1. The van der Waals surface area contributed by atoms with Crippen LogP contribution in [0.15, 0.2) is 23.0 Å². The van der Waals surface area contributed by atoms with Gasteiger partial charge in [-0.3, -0.25) is 9.48 Å². The number of amides is 1. The molecule has 1 aliphatic rings. The van der Waals surface area contributed by atoms with Crippen LogP contribution in [0.2, 0.25) is 0 Å². The summed E-state index contributed by atoms with van der Waals surface area (Å²) < 4.78 is 6.66. The van der Waals surface area contributed by atoms with Crippen molar-refractivity contribution in [2.45, 2.75) is 19.3 Å². The highest BCUT2D eigenvalue weighted by Gasteiger charge is 2.44. The van der Waals surface area contributed by atoms with Gasteiger partial charge in [-0.15, -0.1) is 0 Å². The summed E-state index contributed by atoms with van der Waals surface area (Å²) in [6, 6.07) is 1.71. The standard InChI is InChI=1S/C12H14N4O2/c1-7-3-11(15-18-7)14-12(17)10-4-9(10)8-5-13-16(2)6-8/h3,5-6,9-10H,4H2,1-2H3,(H,14,15,17)/t9-,10-/m0/s1. The highest BCUT2D eigenvalue weighted by Crippen LogP contribution is 2.47.